The van der Waals surface area contributed by atoms with Crippen LogP contribution in [0.3, 0.4) is 0 Å². The lowest BCUT2D eigenvalue weighted by atomic mass is 10.2. The molecule has 0 aliphatic rings. The van der Waals surface area contributed by atoms with Gasteiger partial charge in [-0.3, -0.25) is 14.9 Å². The van der Waals surface area contributed by atoms with Crippen molar-refractivity contribution in [2.75, 3.05) is 11.9 Å². The van der Waals surface area contributed by atoms with Crippen molar-refractivity contribution in [3.05, 3.63) is 58.1 Å². The molecule has 1 N–H and O–H groups in total. The monoisotopic (exact) mass is 358 g/mol. The number of nitrogens with one attached hydrogen (secondary N) is 1. The highest BCUT2D eigenvalue weighted by atomic mass is 32.1. The predicted molar refractivity (Wildman–Crippen MR) is 89.4 cm³/mol. The van der Waals surface area contributed by atoms with Crippen molar-refractivity contribution in [1.82, 2.24) is 8.75 Å². The van der Waals surface area contributed by atoms with Crippen LogP contribution in [0.15, 0.2) is 42.5 Å². The highest BCUT2D eigenvalue weighted by Gasteiger charge is 2.15. The Balaban J connectivity index is 1.62. The van der Waals surface area contributed by atoms with Gasteiger partial charge in [0.25, 0.3) is 11.6 Å². The first-order chi connectivity index (χ1) is 12.0. The summed E-state index contributed by atoms with van der Waals surface area (Å²) in [4.78, 5) is 33.9. The summed E-state index contributed by atoms with van der Waals surface area (Å²) in [5, 5.41) is 13.3. The zero-order valence-electron chi connectivity index (χ0n) is 12.5. The van der Waals surface area contributed by atoms with Gasteiger partial charge in [-0.15, -0.1) is 0 Å². The first kappa shape index (κ1) is 16.5. The molecule has 1 amide bonds. The molecule has 126 valence electrons. The molecule has 0 saturated heterocycles. The van der Waals surface area contributed by atoms with Gasteiger partial charge in [0, 0.05) is 12.1 Å². The van der Waals surface area contributed by atoms with Crippen LogP contribution in [0.25, 0.3) is 11.0 Å². The molecular formula is C15H10N4O5S. The molecule has 0 aliphatic carbocycles. The van der Waals surface area contributed by atoms with E-state index in [2.05, 4.69) is 14.1 Å². The third kappa shape index (κ3) is 3.75. The second-order valence-electron chi connectivity index (χ2n) is 4.87. The Labute approximate surface area is 144 Å². The second kappa shape index (κ2) is 7.01. The number of nitro benzene ring substituents is 1. The summed E-state index contributed by atoms with van der Waals surface area (Å²) in [6.45, 7) is -0.532. The van der Waals surface area contributed by atoms with Crippen molar-refractivity contribution >= 4 is 46.0 Å². The van der Waals surface area contributed by atoms with Gasteiger partial charge >= 0.3 is 5.97 Å². The third-order valence-corrected chi connectivity index (χ3v) is 3.73. The normalized spacial score (nSPS) is 10.4. The SMILES string of the molecule is O=C(COC(=O)c1cccc([N+](=O)[O-])c1)Nc1cccc2nsnc12. The molecule has 10 heteroatoms. The number of nitrogens with zero attached hydrogens (tertiary/aromatic N) is 3. The average molecular weight is 358 g/mol. The minimum Gasteiger partial charge on any atom is -0.452 e. The molecule has 0 radical (unpaired) electrons. The molecule has 0 saturated carbocycles. The summed E-state index contributed by atoms with van der Waals surface area (Å²) in [6, 6.07) is 10.2. The van der Waals surface area contributed by atoms with E-state index in [4.69, 9.17) is 4.74 Å². The van der Waals surface area contributed by atoms with Crippen molar-refractivity contribution < 1.29 is 19.2 Å². The van der Waals surface area contributed by atoms with Crippen LogP contribution in [0.5, 0.6) is 0 Å². The minimum absolute atomic E-state index is 0.00666. The lowest BCUT2D eigenvalue weighted by Crippen LogP contribution is -2.21. The van der Waals surface area contributed by atoms with Gasteiger partial charge < -0.3 is 10.1 Å². The van der Waals surface area contributed by atoms with Gasteiger partial charge in [0.2, 0.25) is 0 Å². The van der Waals surface area contributed by atoms with E-state index in [0.29, 0.717) is 16.7 Å². The van der Waals surface area contributed by atoms with E-state index in [1.165, 1.54) is 18.2 Å². The number of fused-ring (bicyclic) bond motifs is 1. The third-order valence-electron chi connectivity index (χ3n) is 3.19. The molecule has 0 spiro atoms. The molecule has 3 rings (SSSR count). The molecule has 0 aliphatic heterocycles. The van der Waals surface area contributed by atoms with E-state index in [0.717, 1.165) is 17.8 Å². The lowest BCUT2D eigenvalue weighted by molar-refractivity contribution is -0.384. The number of ether oxygens (including phenoxy) is 1. The molecule has 0 fully saturated rings. The standard InChI is InChI=1S/C15H10N4O5S/c20-13(16-11-5-2-6-12-14(11)18-25-17-12)8-24-15(21)9-3-1-4-10(7-9)19(22)23/h1-7H,8H2,(H,16,20). The highest BCUT2D eigenvalue weighted by Crippen LogP contribution is 2.21. The van der Waals surface area contributed by atoms with Gasteiger partial charge in [0.15, 0.2) is 6.61 Å². The number of carbonyl (C=O) groups is 2. The maximum atomic E-state index is 11.9. The van der Waals surface area contributed by atoms with Gasteiger partial charge in [-0.05, 0) is 18.2 Å². The molecule has 3 aromatic rings. The van der Waals surface area contributed by atoms with Crippen molar-refractivity contribution in [2.45, 2.75) is 0 Å². The Hall–Kier alpha value is -3.40. The Bertz CT molecular complexity index is 971. The number of nitro groups is 1. The summed E-state index contributed by atoms with van der Waals surface area (Å²) in [5.41, 5.74) is 1.42. The molecule has 9 nitrogen and oxygen atoms in total. The summed E-state index contributed by atoms with van der Waals surface area (Å²) in [6.07, 6.45) is 0. The second-order valence-corrected chi connectivity index (χ2v) is 5.40. The fourth-order valence-corrected chi connectivity index (χ4v) is 2.60. The first-order valence-electron chi connectivity index (χ1n) is 6.97. The van der Waals surface area contributed by atoms with Gasteiger partial charge in [0.05, 0.1) is 27.9 Å². The number of esters is 1. The number of aromatic nitrogens is 2. The van der Waals surface area contributed by atoms with Crippen LogP contribution in [0.2, 0.25) is 0 Å². The lowest BCUT2D eigenvalue weighted by Gasteiger charge is -2.07. The fourth-order valence-electron chi connectivity index (χ4n) is 2.05. The number of benzene rings is 2. The van der Waals surface area contributed by atoms with Crippen molar-refractivity contribution in [1.29, 1.82) is 0 Å². The van der Waals surface area contributed by atoms with Crippen LogP contribution in [0.4, 0.5) is 11.4 Å². The number of hydrogen-bond donors (Lipinski definition) is 1. The van der Waals surface area contributed by atoms with Crippen LogP contribution in [-0.2, 0) is 9.53 Å². The van der Waals surface area contributed by atoms with Crippen molar-refractivity contribution in [3.63, 3.8) is 0 Å². The van der Waals surface area contributed by atoms with Gasteiger partial charge in [-0.1, -0.05) is 12.1 Å². The summed E-state index contributed by atoms with van der Waals surface area (Å²) < 4.78 is 13.0. The molecule has 0 unspecified atom stereocenters. The fraction of sp³-hybridized carbons (Fsp3) is 0.0667. The number of carbonyl (C=O) groups excluding carboxylic acids is 2. The average Bonchev–Trinajstić information content (AvgIpc) is 3.09. The van der Waals surface area contributed by atoms with Gasteiger partial charge in [-0.2, -0.15) is 8.75 Å². The topological polar surface area (TPSA) is 124 Å². The Morgan fingerprint density at radius 2 is 2.00 bits per heavy atom. The maximum absolute atomic E-state index is 11.9. The summed E-state index contributed by atoms with van der Waals surface area (Å²) >= 11 is 1.02. The summed E-state index contributed by atoms with van der Waals surface area (Å²) in [7, 11) is 0. The van der Waals surface area contributed by atoms with Crippen molar-refractivity contribution in [3.8, 4) is 0 Å². The molecule has 2 aromatic carbocycles. The zero-order chi connectivity index (χ0) is 17.8. The van der Waals surface area contributed by atoms with Crippen molar-refractivity contribution in [2.24, 2.45) is 0 Å². The smallest absolute Gasteiger partial charge is 0.338 e. The van der Waals surface area contributed by atoms with Crippen LogP contribution in [-0.4, -0.2) is 32.2 Å². The van der Waals surface area contributed by atoms with Crippen LogP contribution in [0.1, 0.15) is 10.4 Å². The maximum Gasteiger partial charge on any atom is 0.338 e. The largest absolute Gasteiger partial charge is 0.452 e. The molecule has 0 atom stereocenters. The quantitative estimate of drug-likeness (QED) is 0.422. The van der Waals surface area contributed by atoms with Crippen LogP contribution >= 0.6 is 11.7 Å². The molecular weight excluding hydrogens is 348 g/mol. The van der Waals surface area contributed by atoms with Crippen LogP contribution < -0.4 is 5.32 Å². The van der Waals surface area contributed by atoms with Crippen LogP contribution in [0, 0.1) is 10.1 Å². The number of rotatable bonds is 5. The Morgan fingerprint density at radius 3 is 2.80 bits per heavy atom. The first-order valence-corrected chi connectivity index (χ1v) is 7.70. The molecule has 25 heavy (non-hydrogen) atoms. The summed E-state index contributed by atoms with van der Waals surface area (Å²) in [5.74, 6) is -1.38. The van der Waals surface area contributed by atoms with E-state index in [1.807, 2.05) is 0 Å². The number of anilines is 1. The molecule has 1 heterocycles. The molecule has 1 aromatic heterocycles. The van der Waals surface area contributed by atoms with Gasteiger partial charge in [0.1, 0.15) is 11.0 Å². The Morgan fingerprint density at radius 1 is 1.20 bits per heavy atom. The number of non-ortho nitro benzene ring substituents is 1. The number of hydrogen-bond acceptors (Lipinski definition) is 8. The van der Waals surface area contributed by atoms with E-state index >= 15 is 0 Å². The van der Waals surface area contributed by atoms with E-state index in [9.17, 15) is 19.7 Å². The van der Waals surface area contributed by atoms with E-state index < -0.39 is 23.4 Å². The van der Waals surface area contributed by atoms with E-state index in [-0.39, 0.29) is 11.3 Å². The predicted octanol–water partition coefficient (Wildman–Crippen LogP) is 2.40. The van der Waals surface area contributed by atoms with Gasteiger partial charge in [-0.25, -0.2) is 4.79 Å². The minimum atomic E-state index is -0.826. The number of amides is 1. The Kier molecular flexibility index (Phi) is 4.61. The zero-order valence-corrected chi connectivity index (χ0v) is 13.4. The van der Waals surface area contributed by atoms with E-state index in [1.54, 1.807) is 18.2 Å². The highest BCUT2D eigenvalue weighted by molar-refractivity contribution is 7.00. The molecule has 0 bridgehead atoms.